The molecule has 0 spiro atoms. The fraction of sp³-hybridized carbons (Fsp3) is 0.160. The summed E-state index contributed by atoms with van der Waals surface area (Å²) in [5, 5.41) is 3.21. The van der Waals surface area contributed by atoms with Gasteiger partial charge in [0.05, 0.1) is 5.69 Å². The molecule has 2 aromatic heterocycles. The van der Waals surface area contributed by atoms with Gasteiger partial charge in [0.2, 0.25) is 0 Å². The highest BCUT2D eigenvalue weighted by Crippen LogP contribution is 2.40. The normalized spacial score (nSPS) is 15.7. The van der Waals surface area contributed by atoms with E-state index < -0.39 is 29.6 Å². The molecule has 0 aliphatic carbocycles. The molecule has 3 heterocycles. The van der Waals surface area contributed by atoms with Gasteiger partial charge >= 0.3 is 6.03 Å². The van der Waals surface area contributed by atoms with Crippen LogP contribution in [0, 0.1) is 11.6 Å². The van der Waals surface area contributed by atoms with E-state index in [1.165, 1.54) is 16.7 Å². The summed E-state index contributed by atoms with van der Waals surface area (Å²) < 4.78 is 35.0. The first-order valence-corrected chi connectivity index (χ1v) is 10.9. The van der Waals surface area contributed by atoms with Crippen molar-refractivity contribution < 1.29 is 23.1 Å². The number of H-pyrrole nitrogens is 1. The number of imide groups is 1. The quantitative estimate of drug-likeness (QED) is 0.415. The third kappa shape index (κ3) is 3.72. The van der Waals surface area contributed by atoms with E-state index in [1.54, 1.807) is 38.5 Å². The average molecular weight is 478 g/mol. The van der Waals surface area contributed by atoms with E-state index in [4.69, 9.17) is 4.74 Å². The van der Waals surface area contributed by atoms with Gasteiger partial charge in [-0.15, -0.1) is 0 Å². The number of halogens is 2. The van der Waals surface area contributed by atoms with Crippen molar-refractivity contribution in [3.05, 3.63) is 76.8 Å². The highest BCUT2D eigenvalue weighted by atomic mass is 19.1. The number of hydrogen-bond acceptors (Lipinski definition) is 4. The average Bonchev–Trinajstić information content (AvgIpc) is 3.43. The van der Waals surface area contributed by atoms with E-state index in [-0.39, 0.29) is 22.7 Å². The van der Waals surface area contributed by atoms with Gasteiger partial charge in [-0.25, -0.2) is 18.5 Å². The van der Waals surface area contributed by atoms with Crippen LogP contribution in [-0.2, 0) is 11.8 Å². The maximum Gasteiger partial charge on any atom is 0.329 e. The molecule has 2 N–H and O–H groups in total. The number of carbonyl (C=O) groups is 2. The van der Waals surface area contributed by atoms with Crippen LogP contribution in [0.5, 0.6) is 11.5 Å². The van der Waals surface area contributed by atoms with Gasteiger partial charge in [0.15, 0.2) is 11.6 Å². The zero-order valence-corrected chi connectivity index (χ0v) is 18.8. The van der Waals surface area contributed by atoms with Gasteiger partial charge in [0, 0.05) is 42.0 Å². The highest BCUT2D eigenvalue weighted by molar-refractivity contribution is 6.21. The minimum absolute atomic E-state index is 0.180. The van der Waals surface area contributed by atoms with Crippen LogP contribution in [0.25, 0.3) is 22.0 Å². The molecule has 4 aromatic rings. The molecule has 178 valence electrons. The summed E-state index contributed by atoms with van der Waals surface area (Å²) in [6.07, 6.45) is 3.64. The maximum atomic E-state index is 14.4. The van der Waals surface area contributed by atoms with Crippen molar-refractivity contribution in [1.29, 1.82) is 0 Å². The summed E-state index contributed by atoms with van der Waals surface area (Å²) in [6, 6.07) is 8.03. The Kier molecular flexibility index (Phi) is 5.35. The Morgan fingerprint density at radius 2 is 1.77 bits per heavy atom. The predicted octanol–water partition coefficient (Wildman–Crippen LogP) is 4.44. The number of nitrogens with zero attached hydrogens (tertiary/aromatic N) is 2. The van der Waals surface area contributed by atoms with Crippen molar-refractivity contribution in [3.8, 4) is 22.6 Å². The van der Waals surface area contributed by atoms with E-state index in [9.17, 15) is 23.2 Å². The van der Waals surface area contributed by atoms with Crippen LogP contribution in [0.15, 0.2) is 59.7 Å². The molecule has 3 amide bonds. The molecule has 2 aromatic carbocycles. The first kappa shape index (κ1) is 22.3. The van der Waals surface area contributed by atoms with Crippen LogP contribution in [0.1, 0.15) is 13.3 Å². The molecular weight excluding hydrogens is 458 g/mol. The lowest BCUT2D eigenvalue weighted by Crippen LogP contribution is -2.31. The highest BCUT2D eigenvalue weighted by Gasteiger charge is 2.38. The van der Waals surface area contributed by atoms with E-state index in [1.807, 2.05) is 0 Å². The molecule has 5 rings (SSSR count). The standard InChI is InChI=1S/C25H20F2N4O4/c1-3-19-23(32)31(25(34)29-19)14-5-7-20(35-21-6-4-13(26)10-18(21)27)16(11-14)17-12-30(2)24(33)22-15(17)8-9-28-22/h4-12,19,28H,3H2,1-2H3,(H,29,34)/t19-/m0/s1. The van der Waals surface area contributed by atoms with Gasteiger partial charge in [0.25, 0.3) is 11.5 Å². The lowest BCUT2D eigenvalue weighted by molar-refractivity contribution is -0.118. The Morgan fingerprint density at radius 1 is 1.00 bits per heavy atom. The fourth-order valence-electron chi connectivity index (χ4n) is 4.17. The molecular formula is C25H20F2N4O4. The zero-order valence-electron chi connectivity index (χ0n) is 18.8. The van der Waals surface area contributed by atoms with Crippen LogP contribution >= 0.6 is 0 Å². The fourth-order valence-corrected chi connectivity index (χ4v) is 4.17. The molecule has 8 nitrogen and oxygen atoms in total. The summed E-state index contributed by atoms with van der Waals surface area (Å²) in [7, 11) is 1.58. The molecule has 35 heavy (non-hydrogen) atoms. The van der Waals surface area contributed by atoms with Gasteiger partial charge in [-0.3, -0.25) is 9.59 Å². The van der Waals surface area contributed by atoms with Crippen LogP contribution in [0.2, 0.25) is 0 Å². The number of ether oxygens (including phenoxy) is 1. The number of rotatable bonds is 5. The number of amides is 3. The molecule has 0 bridgehead atoms. The van der Waals surface area contributed by atoms with Crippen LogP contribution in [0.3, 0.4) is 0 Å². The molecule has 1 atom stereocenters. The lowest BCUT2D eigenvalue weighted by atomic mass is 10.0. The molecule has 10 heteroatoms. The topological polar surface area (TPSA) is 96.4 Å². The number of aromatic nitrogens is 2. The number of anilines is 1. The summed E-state index contributed by atoms with van der Waals surface area (Å²) in [6.45, 7) is 1.79. The summed E-state index contributed by atoms with van der Waals surface area (Å²) >= 11 is 0. The largest absolute Gasteiger partial charge is 0.454 e. The Hall–Kier alpha value is -4.47. The molecule has 1 aliphatic heterocycles. The number of pyridine rings is 1. The lowest BCUT2D eigenvalue weighted by Gasteiger charge is -2.18. The molecule has 0 saturated carbocycles. The number of hydrogen-bond donors (Lipinski definition) is 2. The third-order valence-electron chi connectivity index (χ3n) is 5.95. The smallest absolute Gasteiger partial charge is 0.329 e. The number of aryl methyl sites for hydroxylation is 1. The van der Waals surface area contributed by atoms with Crippen molar-refractivity contribution in [2.45, 2.75) is 19.4 Å². The number of fused-ring (bicyclic) bond motifs is 1. The zero-order chi connectivity index (χ0) is 24.9. The second-order valence-corrected chi connectivity index (χ2v) is 8.17. The molecule has 0 radical (unpaired) electrons. The minimum atomic E-state index is -0.896. The minimum Gasteiger partial charge on any atom is -0.454 e. The number of carbonyl (C=O) groups excluding carboxylic acids is 2. The second kappa shape index (κ2) is 8.39. The van der Waals surface area contributed by atoms with Gasteiger partial charge in [-0.2, -0.15) is 0 Å². The Balaban J connectivity index is 1.71. The molecule has 1 aliphatic rings. The van der Waals surface area contributed by atoms with Crippen LogP contribution < -0.4 is 20.5 Å². The van der Waals surface area contributed by atoms with Crippen molar-refractivity contribution in [1.82, 2.24) is 14.9 Å². The monoisotopic (exact) mass is 478 g/mol. The van der Waals surface area contributed by atoms with E-state index in [0.29, 0.717) is 34.5 Å². The first-order chi connectivity index (χ1) is 16.8. The Morgan fingerprint density at radius 3 is 2.49 bits per heavy atom. The van der Waals surface area contributed by atoms with Crippen molar-refractivity contribution >= 4 is 28.5 Å². The van der Waals surface area contributed by atoms with E-state index in [0.717, 1.165) is 17.0 Å². The number of aromatic amines is 1. The van der Waals surface area contributed by atoms with E-state index in [2.05, 4.69) is 10.3 Å². The van der Waals surface area contributed by atoms with Gasteiger partial charge in [-0.05, 0) is 42.8 Å². The van der Waals surface area contributed by atoms with Crippen LogP contribution in [-0.4, -0.2) is 27.5 Å². The van der Waals surface area contributed by atoms with Crippen molar-refractivity contribution in [3.63, 3.8) is 0 Å². The Labute approximate surface area is 197 Å². The van der Waals surface area contributed by atoms with Gasteiger partial charge in [0.1, 0.15) is 23.1 Å². The summed E-state index contributed by atoms with van der Waals surface area (Å²) in [4.78, 5) is 41.9. The predicted molar refractivity (Wildman–Crippen MR) is 126 cm³/mol. The second-order valence-electron chi connectivity index (χ2n) is 8.17. The van der Waals surface area contributed by atoms with Gasteiger partial charge in [-0.1, -0.05) is 6.92 Å². The van der Waals surface area contributed by atoms with Crippen LogP contribution in [0.4, 0.5) is 19.3 Å². The number of nitrogens with one attached hydrogen (secondary N) is 2. The Bertz CT molecular complexity index is 1560. The third-order valence-corrected chi connectivity index (χ3v) is 5.95. The number of urea groups is 1. The molecule has 0 unspecified atom stereocenters. The SMILES string of the molecule is CC[C@@H]1NC(=O)N(c2ccc(Oc3ccc(F)cc3F)c(-c3cn(C)c(=O)c4[nH]ccc34)c2)C1=O. The maximum absolute atomic E-state index is 14.4. The van der Waals surface area contributed by atoms with E-state index >= 15 is 0 Å². The van der Waals surface area contributed by atoms with Crippen molar-refractivity contribution in [2.24, 2.45) is 7.05 Å². The van der Waals surface area contributed by atoms with Crippen molar-refractivity contribution in [2.75, 3.05) is 4.90 Å². The summed E-state index contributed by atoms with van der Waals surface area (Å²) in [5.74, 6) is -2.07. The molecule has 1 fully saturated rings. The first-order valence-electron chi connectivity index (χ1n) is 10.9. The number of benzene rings is 2. The van der Waals surface area contributed by atoms with Gasteiger partial charge < -0.3 is 19.6 Å². The molecule has 1 saturated heterocycles. The summed E-state index contributed by atoms with van der Waals surface area (Å²) in [5.41, 5.74) is 1.31.